The van der Waals surface area contributed by atoms with Gasteiger partial charge in [0.15, 0.2) is 0 Å². The summed E-state index contributed by atoms with van der Waals surface area (Å²) >= 11 is 0.997. The lowest BCUT2D eigenvalue weighted by Gasteiger charge is -2.18. The fourth-order valence-corrected chi connectivity index (χ4v) is 5.05. The van der Waals surface area contributed by atoms with Crippen molar-refractivity contribution >= 4 is 33.9 Å². The Morgan fingerprint density at radius 2 is 1.63 bits per heavy atom. The Balaban J connectivity index is 1.24. The molecule has 0 unspecified atom stereocenters. The molecule has 2 heterocycles. The van der Waals surface area contributed by atoms with Crippen molar-refractivity contribution in [3.05, 3.63) is 83.7 Å². The predicted molar refractivity (Wildman–Crippen MR) is 136 cm³/mol. The maximum absolute atomic E-state index is 12.8. The minimum absolute atomic E-state index is 0.199. The number of nitrogens with one attached hydrogen (secondary N) is 1. The number of imide groups is 1. The van der Waals surface area contributed by atoms with Crippen LogP contribution >= 0.6 is 11.8 Å². The molecule has 1 atom stereocenters. The highest BCUT2D eigenvalue weighted by atomic mass is 32.2. The lowest BCUT2D eigenvalue weighted by atomic mass is 9.99. The number of alkyl halides is 3. The molecule has 1 N–H and O–H groups in total. The summed E-state index contributed by atoms with van der Waals surface area (Å²) in [7, 11) is 1.84. The Hall–Kier alpha value is -3.99. The molecule has 0 spiro atoms. The van der Waals surface area contributed by atoms with Crippen LogP contribution in [-0.2, 0) is 31.0 Å². The van der Waals surface area contributed by atoms with Crippen molar-refractivity contribution < 1.29 is 32.2 Å². The zero-order chi connectivity index (χ0) is 27.1. The van der Waals surface area contributed by atoms with Crippen LogP contribution in [0.3, 0.4) is 0 Å². The third-order valence-corrected chi connectivity index (χ3v) is 7.28. The van der Waals surface area contributed by atoms with E-state index in [-0.39, 0.29) is 17.8 Å². The number of ether oxygens (including phenoxy) is 2. The van der Waals surface area contributed by atoms with Crippen LogP contribution in [0.4, 0.5) is 18.0 Å². The number of hydrogen-bond donors (Lipinski definition) is 1. The fourth-order valence-electron chi connectivity index (χ4n) is 4.12. The van der Waals surface area contributed by atoms with Gasteiger partial charge >= 0.3 is 6.18 Å². The number of halogens is 3. The second-order valence-electron chi connectivity index (χ2n) is 9.05. The van der Waals surface area contributed by atoms with Crippen molar-refractivity contribution in [2.24, 2.45) is 7.05 Å². The number of rotatable bonds is 7. The summed E-state index contributed by atoms with van der Waals surface area (Å²) < 4.78 is 51.0. The van der Waals surface area contributed by atoms with Gasteiger partial charge in [0, 0.05) is 13.1 Å². The standard InChI is InChI=1S/C27H22F3N3O4S/c1-26(24(34)32-25(35)38-26)14-16-3-7-18(8-4-16)36-15-23-31-21-12-11-20(13-22(21)33(23)2)37-19-9-5-17(6-10-19)27(28,29)30/h3-13H,14-15H2,1-2H3,(H,32,34,35)/t26-/m0/s1. The minimum atomic E-state index is -4.40. The zero-order valence-corrected chi connectivity index (χ0v) is 21.2. The number of nitrogens with zero attached hydrogens (tertiary/aromatic N) is 2. The third-order valence-electron chi connectivity index (χ3n) is 6.21. The lowest BCUT2D eigenvalue weighted by Crippen LogP contribution is -2.35. The van der Waals surface area contributed by atoms with E-state index in [2.05, 4.69) is 10.3 Å². The van der Waals surface area contributed by atoms with E-state index in [1.807, 2.05) is 23.7 Å². The molecular weight excluding hydrogens is 519 g/mol. The van der Waals surface area contributed by atoms with E-state index in [0.717, 1.165) is 40.5 Å². The molecule has 0 bridgehead atoms. The van der Waals surface area contributed by atoms with Gasteiger partial charge in [-0.1, -0.05) is 12.1 Å². The predicted octanol–water partition coefficient (Wildman–Crippen LogP) is 6.25. The van der Waals surface area contributed by atoms with Crippen LogP contribution in [0.2, 0.25) is 0 Å². The van der Waals surface area contributed by atoms with E-state index < -0.39 is 16.5 Å². The Morgan fingerprint density at radius 1 is 0.974 bits per heavy atom. The van der Waals surface area contributed by atoms with E-state index in [1.54, 1.807) is 37.3 Å². The highest BCUT2D eigenvalue weighted by Crippen LogP contribution is 2.35. The first-order chi connectivity index (χ1) is 18.0. The second kappa shape index (κ2) is 9.71. The van der Waals surface area contributed by atoms with Crippen LogP contribution in [0.1, 0.15) is 23.9 Å². The van der Waals surface area contributed by atoms with Crippen LogP contribution in [0.15, 0.2) is 66.7 Å². The van der Waals surface area contributed by atoms with E-state index in [1.165, 1.54) is 12.1 Å². The van der Waals surface area contributed by atoms with Gasteiger partial charge in [-0.3, -0.25) is 14.9 Å². The van der Waals surface area contributed by atoms with Gasteiger partial charge in [0.05, 0.1) is 16.6 Å². The number of hydrogen-bond acceptors (Lipinski definition) is 6. The van der Waals surface area contributed by atoms with Gasteiger partial charge in [-0.2, -0.15) is 13.2 Å². The molecule has 196 valence electrons. The molecule has 1 saturated heterocycles. The highest BCUT2D eigenvalue weighted by Gasteiger charge is 2.43. The monoisotopic (exact) mass is 541 g/mol. The first-order valence-electron chi connectivity index (χ1n) is 11.6. The van der Waals surface area contributed by atoms with Gasteiger partial charge in [0.25, 0.3) is 5.24 Å². The van der Waals surface area contributed by atoms with Gasteiger partial charge in [-0.05, 0) is 79.2 Å². The van der Waals surface area contributed by atoms with Gasteiger partial charge in [0.2, 0.25) is 5.91 Å². The molecule has 3 aromatic carbocycles. The normalized spacial score (nSPS) is 17.6. The molecule has 7 nitrogen and oxygen atoms in total. The van der Waals surface area contributed by atoms with Crippen molar-refractivity contribution in [3.63, 3.8) is 0 Å². The third kappa shape index (κ3) is 5.33. The number of aromatic nitrogens is 2. The molecule has 11 heteroatoms. The topological polar surface area (TPSA) is 82.5 Å². The highest BCUT2D eigenvalue weighted by molar-refractivity contribution is 8.16. The summed E-state index contributed by atoms with van der Waals surface area (Å²) in [6.07, 6.45) is -3.99. The molecule has 2 amide bonds. The number of thioether (sulfide) groups is 1. The molecule has 5 rings (SSSR count). The largest absolute Gasteiger partial charge is 0.486 e. The SMILES string of the molecule is Cn1c(COc2ccc(C[C@]3(C)SC(=O)NC3=O)cc2)nc2ccc(Oc3ccc(C(F)(F)F)cc3)cc21. The van der Waals surface area contributed by atoms with Crippen LogP contribution in [0.25, 0.3) is 11.0 Å². The minimum Gasteiger partial charge on any atom is -0.486 e. The smallest absolute Gasteiger partial charge is 0.416 e. The van der Waals surface area contributed by atoms with Gasteiger partial charge < -0.3 is 14.0 Å². The Bertz CT molecular complexity index is 1520. The van der Waals surface area contributed by atoms with Gasteiger partial charge in [-0.25, -0.2) is 4.98 Å². The summed E-state index contributed by atoms with van der Waals surface area (Å²) in [5.41, 5.74) is 1.66. The quantitative estimate of drug-likeness (QED) is 0.298. The average molecular weight is 542 g/mol. The number of carbonyl (C=O) groups excluding carboxylic acids is 2. The molecule has 1 aliphatic heterocycles. The van der Waals surface area contributed by atoms with Crippen LogP contribution in [0, 0.1) is 0 Å². The molecular formula is C27H22F3N3O4S. The van der Waals surface area contributed by atoms with Crippen LogP contribution < -0.4 is 14.8 Å². The first kappa shape index (κ1) is 25.7. The zero-order valence-electron chi connectivity index (χ0n) is 20.3. The summed E-state index contributed by atoms with van der Waals surface area (Å²) in [6, 6.07) is 17.1. The van der Waals surface area contributed by atoms with E-state index in [9.17, 15) is 22.8 Å². The van der Waals surface area contributed by atoms with E-state index >= 15 is 0 Å². The lowest BCUT2D eigenvalue weighted by molar-refractivity contribution is -0.137. The Kier molecular flexibility index (Phi) is 6.56. The maximum atomic E-state index is 12.8. The average Bonchev–Trinajstić information content (AvgIpc) is 3.31. The number of imidazole rings is 1. The first-order valence-corrected chi connectivity index (χ1v) is 12.4. The van der Waals surface area contributed by atoms with Gasteiger partial charge in [0.1, 0.15) is 34.4 Å². The molecule has 0 radical (unpaired) electrons. The number of benzene rings is 3. The molecule has 0 aliphatic carbocycles. The summed E-state index contributed by atoms with van der Waals surface area (Å²) in [4.78, 5) is 28.2. The van der Waals surface area contributed by atoms with E-state index in [0.29, 0.717) is 29.5 Å². The molecule has 4 aromatic rings. The van der Waals surface area contributed by atoms with Crippen molar-refractivity contribution in [1.82, 2.24) is 14.9 Å². The van der Waals surface area contributed by atoms with Crippen molar-refractivity contribution in [3.8, 4) is 17.2 Å². The summed E-state index contributed by atoms with van der Waals surface area (Å²) in [5, 5.41) is 1.99. The fraction of sp³-hybridized carbons (Fsp3) is 0.222. The summed E-state index contributed by atoms with van der Waals surface area (Å²) in [6.45, 7) is 1.94. The molecule has 1 aromatic heterocycles. The van der Waals surface area contributed by atoms with Crippen LogP contribution in [0.5, 0.6) is 17.2 Å². The Labute approximate surface area is 219 Å². The number of fused-ring (bicyclic) bond motifs is 1. The molecule has 38 heavy (non-hydrogen) atoms. The maximum Gasteiger partial charge on any atom is 0.416 e. The van der Waals surface area contributed by atoms with E-state index in [4.69, 9.17) is 9.47 Å². The van der Waals surface area contributed by atoms with Crippen LogP contribution in [-0.4, -0.2) is 25.4 Å². The van der Waals surface area contributed by atoms with Crippen molar-refractivity contribution in [2.75, 3.05) is 0 Å². The molecule has 0 saturated carbocycles. The Morgan fingerprint density at radius 3 is 2.26 bits per heavy atom. The van der Waals surface area contributed by atoms with Crippen molar-refractivity contribution in [2.45, 2.75) is 30.9 Å². The summed E-state index contributed by atoms with van der Waals surface area (Å²) in [5.74, 6) is 1.76. The van der Waals surface area contributed by atoms with Crippen molar-refractivity contribution in [1.29, 1.82) is 0 Å². The molecule has 1 fully saturated rings. The van der Waals surface area contributed by atoms with Gasteiger partial charge in [-0.15, -0.1) is 0 Å². The number of carbonyl (C=O) groups is 2. The molecule has 1 aliphatic rings. The number of amides is 2. The number of aryl methyl sites for hydroxylation is 1. The second-order valence-corrected chi connectivity index (χ2v) is 10.5.